The van der Waals surface area contributed by atoms with Gasteiger partial charge in [-0.3, -0.25) is 0 Å². The van der Waals surface area contributed by atoms with E-state index in [-0.39, 0.29) is 0 Å². The Hall–Kier alpha value is -2.37. The van der Waals surface area contributed by atoms with Crippen LogP contribution in [0.1, 0.15) is 25.3 Å². The Morgan fingerprint density at radius 2 is 1.72 bits per heavy atom. The molecule has 0 aliphatic carbocycles. The van der Waals surface area contributed by atoms with Crippen LogP contribution in [-0.4, -0.2) is 15.2 Å². The molecule has 0 fully saturated rings. The number of hydrogen-bond acceptors (Lipinski definition) is 5. The molecule has 7 heteroatoms. The first-order chi connectivity index (χ1) is 12.0. The van der Waals surface area contributed by atoms with Gasteiger partial charge < -0.3 is 10.6 Å². The Kier molecular flexibility index (Phi) is 5.36. The molecule has 3 rings (SSSR count). The highest BCUT2D eigenvalue weighted by molar-refractivity contribution is 6.35. The molecule has 1 heterocycles. The molecule has 2 aromatic carbocycles. The average molecular weight is 374 g/mol. The molecule has 1 aromatic heterocycles. The summed E-state index contributed by atoms with van der Waals surface area (Å²) in [6.45, 7) is 4.32. The van der Waals surface area contributed by atoms with Crippen molar-refractivity contribution < 1.29 is 0 Å². The van der Waals surface area contributed by atoms with Gasteiger partial charge in [0.15, 0.2) is 5.82 Å². The number of hydrogen-bond donors (Lipinski definition) is 2. The average Bonchev–Trinajstić information content (AvgIpc) is 2.59. The van der Waals surface area contributed by atoms with E-state index in [1.54, 1.807) is 24.4 Å². The van der Waals surface area contributed by atoms with E-state index in [2.05, 4.69) is 51.8 Å². The summed E-state index contributed by atoms with van der Waals surface area (Å²) in [4.78, 5) is 4.39. The van der Waals surface area contributed by atoms with Crippen LogP contribution in [0.4, 0.5) is 23.1 Å². The van der Waals surface area contributed by atoms with E-state index in [1.807, 2.05) is 12.1 Å². The SMILES string of the molecule is CC(C)c1ccc(Nc2cnnc(Nc3cc(Cl)ccc3Cl)n2)cc1. The second-order valence-corrected chi connectivity index (χ2v) is 6.66. The van der Waals surface area contributed by atoms with Crippen molar-refractivity contribution in [2.75, 3.05) is 10.6 Å². The highest BCUT2D eigenvalue weighted by Gasteiger charge is 2.06. The van der Waals surface area contributed by atoms with Crippen molar-refractivity contribution in [2.45, 2.75) is 19.8 Å². The third kappa shape index (κ3) is 4.59. The molecule has 0 saturated heterocycles. The molecule has 128 valence electrons. The van der Waals surface area contributed by atoms with Crippen LogP contribution in [0.15, 0.2) is 48.7 Å². The summed E-state index contributed by atoms with van der Waals surface area (Å²) in [6, 6.07) is 13.3. The van der Waals surface area contributed by atoms with Crippen LogP contribution >= 0.6 is 23.2 Å². The summed E-state index contributed by atoms with van der Waals surface area (Å²) in [6.07, 6.45) is 1.56. The van der Waals surface area contributed by atoms with Gasteiger partial charge in [-0.2, -0.15) is 10.1 Å². The number of benzene rings is 2. The Bertz CT molecular complexity index is 866. The van der Waals surface area contributed by atoms with Crippen LogP contribution in [0.5, 0.6) is 0 Å². The Labute approximate surface area is 156 Å². The van der Waals surface area contributed by atoms with Crippen LogP contribution < -0.4 is 10.6 Å². The minimum absolute atomic E-state index is 0.327. The summed E-state index contributed by atoms with van der Waals surface area (Å²) < 4.78 is 0. The number of nitrogens with one attached hydrogen (secondary N) is 2. The van der Waals surface area contributed by atoms with Crippen molar-refractivity contribution in [3.63, 3.8) is 0 Å². The lowest BCUT2D eigenvalue weighted by Crippen LogP contribution is -2.02. The number of halogens is 2. The molecule has 2 N–H and O–H groups in total. The lowest BCUT2D eigenvalue weighted by molar-refractivity contribution is 0.867. The van der Waals surface area contributed by atoms with Crippen LogP contribution in [0.2, 0.25) is 10.0 Å². The van der Waals surface area contributed by atoms with E-state index in [4.69, 9.17) is 23.2 Å². The van der Waals surface area contributed by atoms with E-state index in [1.165, 1.54) is 5.56 Å². The topological polar surface area (TPSA) is 62.7 Å². The number of rotatable bonds is 5. The van der Waals surface area contributed by atoms with Gasteiger partial charge in [-0.25, -0.2) is 0 Å². The highest BCUT2D eigenvalue weighted by Crippen LogP contribution is 2.27. The summed E-state index contributed by atoms with van der Waals surface area (Å²) in [5, 5.41) is 15.3. The van der Waals surface area contributed by atoms with E-state index >= 15 is 0 Å². The van der Waals surface area contributed by atoms with Crippen LogP contribution in [0.3, 0.4) is 0 Å². The second-order valence-electron chi connectivity index (χ2n) is 5.82. The first-order valence-corrected chi connectivity index (χ1v) is 8.55. The van der Waals surface area contributed by atoms with Crippen LogP contribution in [-0.2, 0) is 0 Å². The van der Waals surface area contributed by atoms with Gasteiger partial charge in [0.2, 0.25) is 5.95 Å². The third-order valence-corrected chi connectivity index (χ3v) is 4.15. The van der Waals surface area contributed by atoms with E-state index in [9.17, 15) is 0 Å². The predicted octanol–water partition coefficient (Wildman–Crippen LogP) is 5.79. The van der Waals surface area contributed by atoms with Gasteiger partial charge in [0.1, 0.15) is 0 Å². The van der Waals surface area contributed by atoms with E-state index < -0.39 is 0 Å². The molecule has 0 saturated carbocycles. The highest BCUT2D eigenvalue weighted by atomic mass is 35.5. The van der Waals surface area contributed by atoms with Crippen molar-refractivity contribution in [1.29, 1.82) is 0 Å². The zero-order valence-electron chi connectivity index (χ0n) is 13.8. The smallest absolute Gasteiger partial charge is 0.249 e. The van der Waals surface area contributed by atoms with Gasteiger partial charge in [-0.1, -0.05) is 49.2 Å². The molecule has 0 radical (unpaired) electrons. The second kappa shape index (κ2) is 7.68. The predicted molar refractivity (Wildman–Crippen MR) is 103 cm³/mol. The van der Waals surface area contributed by atoms with Crippen molar-refractivity contribution in [1.82, 2.24) is 15.2 Å². The standard InChI is InChI=1S/C18H17Cl2N5/c1-11(2)12-3-6-14(7-4-12)22-17-10-21-25-18(24-17)23-16-9-13(19)5-8-15(16)20/h3-11H,1-2H3,(H2,22,23,24,25). The van der Waals surface area contributed by atoms with Crippen LogP contribution in [0.25, 0.3) is 0 Å². The Balaban J connectivity index is 1.76. The summed E-state index contributed by atoms with van der Waals surface area (Å²) in [7, 11) is 0. The maximum absolute atomic E-state index is 6.14. The van der Waals surface area contributed by atoms with Gasteiger partial charge in [0.05, 0.1) is 16.9 Å². The number of anilines is 4. The van der Waals surface area contributed by atoms with Gasteiger partial charge >= 0.3 is 0 Å². The molecule has 0 spiro atoms. The first-order valence-electron chi connectivity index (χ1n) is 7.80. The minimum atomic E-state index is 0.327. The van der Waals surface area contributed by atoms with Gasteiger partial charge in [-0.05, 0) is 41.8 Å². The molecule has 0 aliphatic heterocycles. The fourth-order valence-electron chi connectivity index (χ4n) is 2.23. The van der Waals surface area contributed by atoms with Crippen molar-refractivity contribution in [3.8, 4) is 0 Å². The molecule has 0 amide bonds. The molecule has 3 aromatic rings. The first kappa shape index (κ1) is 17.5. The molecule has 5 nitrogen and oxygen atoms in total. The zero-order valence-corrected chi connectivity index (χ0v) is 15.3. The molecular weight excluding hydrogens is 357 g/mol. The van der Waals surface area contributed by atoms with E-state index in [0.717, 1.165) is 5.69 Å². The maximum atomic E-state index is 6.14. The quantitative estimate of drug-likeness (QED) is 0.592. The molecule has 0 atom stereocenters. The fourth-order valence-corrected chi connectivity index (χ4v) is 2.57. The summed E-state index contributed by atoms with van der Waals surface area (Å²) in [5.74, 6) is 1.40. The maximum Gasteiger partial charge on any atom is 0.249 e. The molecule has 0 unspecified atom stereocenters. The molecule has 0 aliphatic rings. The van der Waals surface area contributed by atoms with Crippen molar-refractivity contribution in [3.05, 3.63) is 64.3 Å². The summed E-state index contributed by atoms with van der Waals surface area (Å²) >= 11 is 12.1. The Morgan fingerprint density at radius 1 is 0.960 bits per heavy atom. The minimum Gasteiger partial charge on any atom is -0.339 e. The number of aromatic nitrogens is 3. The van der Waals surface area contributed by atoms with Gasteiger partial charge in [0.25, 0.3) is 0 Å². The lowest BCUT2D eigenvalue weighted by atomic mass is 10.0. The fraction of sp³-hybridized carbons (Fsp3) is 0.167. The van der Waals surface area contributed by atoms with Crippen LogP contribution in [0, 0.1) is 0 Å². The van der Waals surface area contributed by atoms with Gasteiger partial charge in [0, 0.05) is 10.7 Å². The normalized spacial score (nSPS) is 10.8. The summed E-state index contributed by atoms with van der Waals surface area (Å²) in [5.41, 5.74) is 2.83. The van der Waals surface area contributed by atoms with Crippen molar-refractivity contribution in [2.24, 2.45) is 0 Å². The molecule has 0 bridgehead atoms. The zero-order chi connectivity index (χ0) is 17.8. The molecule has 25 heavy (non-hydrogen) atoms. The number of nitrogens with zero attached hydrogens (tertiary/aromatic N) is 3. The van der Waals surface area contributed by atoms with Crippen molar-refractivity contribution >= 4 is 46.3 Å². The lowest BCUT2D eigenvalue weighted by Gasteiger charge is -2.10. The van der Waals surface area contributed by atoms with Gasteiger partial charge in [-0.15, -0.1) is 5.10 Å². The third-order valence-electron chi connectivity index (χ3n) is 3.58. The Morgan fingerprint density at radius 3 is 2.44 bits per heavy atom. The largest absolute Gasteiger partial charge is 0.339 e. The van der Waals surface area contributed by atoms with E-state index in [0.29, 0.717) is 33.4 Å². The monoisotopic (exact) mass is 373 g/mol. The molecular formula is C18H17Cl2N5.